The minimum absolute atomic E-state index is 0.546. The Balaban J connectivity index is 1.99. The maximum absolute atomic E-state index is 7.60. The summed E-state index contributed by atoms with van der Waals surface area (Å²) < 4.78 is 0. The molecule has 328 valence electrons. The van der Waals surface area contributed by atoms with E-state index in [4.69, 9.17) is 92.8 Å². The monoisotopic (exact) mass is 921 g/mol. The van der Waals surface area contributed by atoms with Crippen LogP contribution in [-0.4, -0.2) is 158 Å². The summed E-state index contributed by atoms with van der Waals surface area (Å²) in [6, 6.07) is 0. The largest absolute Gasteiger partial charge is 0.112 e. The smallest absolute Gasteiger partial charge is 0.0821 e. The van der Waals surface area contributed by atoms with Gasteiger partial charge in [0.25, 0.3) is 0 Å². The highest BCUT2D eigenvalue weighted by Gasteiger charge is 2.39. The van der Waals surface area contributed by atoms with E-state index in [0.29, 0.717) is 16.4 Å². The summed E-state index contributed by atoms with van der Waals surface area (Å²) in [7, 11) is 85.0. The van der Waals surface area contributed by atoms with Crippen molar-refractivity contribution >= 4 is 223 Å². The molecule has 0 atom stereocenters. The summed E-state index contributed by atoms with van der Waals surface area (Å²) in [5.41, 5.74) is 28.6. The van der Waals surface area contributed by atoms with Crippen molar-refractivity contribution in [3.63, 3.8) is 0 Å². The van der Waals surface area contributed by atoms with Gasteiger partial charge in [-0.3, -0.25) is 0 Å². The Hall–Kier alpha value is -2.99. The van der Waals surface area contributed by atoms with Crippen LogP contribution in [0.5, 0.6) is 0 Å². The molecule has 0 fully saturated rings. The Kier molecular flexibility index (Phi) is 16.9. The van der Waals surface area contributed by atoms with Gasteiger partial charge >= 0.3 is 0 Å². The van der Waals surface area contributed by atoms with Gasteiger partial charge in [-0.15, -0.1) is 10.9 Å². The highest BCUT2D eigenvalue weighted by molar-refractivity contribution is 7.85. The predicted octanol–water partition coefficient (Wildman–Crippen LogP) is 3.51. The molecule has 0 saturated carbocycles. The first kappa shape index (κ1) is 58.7. The third-order valence-electron chi connectivity index (χ3n) is 18.8. The van der Waals surface area contributed by atoms with Crippen molar-refractivity contribution in [2.24, 2.45) is 0 Å². The van der Waals surface area contributed by atoms with E-state index in [0.717, 1.165) is 54.8 Å². The van der Waals surface area contributed by atoms with Crippen LogP contribution in [0.2, 0.25) is 0 Å². The van der Waals surface area contributed by atoms with Crippen LogP contribution < -0.4 is 21.9 Å². The van der Waals surface area contributed by atoms with Crippen LogP contribution in [0, 0.1) is 125 Å². The Morgan fingerprint density at radius 1 is 0.243 bits per heavy atom. The molecule has 22 heteroatoms. The molecule has 74 heavy (non-hydrogen) atoms. The van der Waals surface area contributed by atoms with E-state index in [9.17, 15) is 0 Å². The van der Waals surface area contributed by atoms with Crippen LogP contribution in [-0.2, 0) is 0 Å². The van der Waals surface area contributed by atoms with Crippen LogP contribution in [0.4, 0.5) is 0 Å². The topological polar surface area (TPSA) is 0 Å². The van der Waals surface area contributed by atoms with E-state index in [1.807, 2.05) is 6.92 Å². The van der Waals surface area contributed by atoms with E-state index in [2.05, 4.69) is 118 Å². The summed E-state index contributed by atoms with van der Waals surface area (Å²) in [5, 5.41) is 8.89. The third-order valence-corrected chi connectivity index (χ3v) is 18.8. The van der Waals surface area contributed by atoms with Crippen LogP contribution in [0.25, 0.3) is 65.3 Å². The lowest BCUT2D eigenvalue weighted by atomic mass is 8.70. The Morgan fingerprint density at radius 3 is 0.946 bits per heavy atom. The fourth-order valence-electron chi connectivity index (χ4n) is 13.5. The van der Waals surface area contributed by atoms with Gasteiger partial charge in [0.15, 0.2) is 0 Å². The summed E-state index contributed by atoms with van der Waals surface area (Å²) in [4.78, 5) is 0. The fraction of sp³-hybridized carbons (Fsp3) is 0.346. The highest BCUT2D eigenvalue weighted by Crippen LogP contribution is 2.53. The molecule has 0 saturated heterocycles. The van der Waals surface area contributed by atoms with Crippen LogP contribution in [0.3, 0.4) is 0 Å². The summed E-state index contributed by atoms with van der Waals surface area (Å²) in [6.45, 7) is 37.0. The molecular weight excluding hydrogens is 862 g/mol. The van der Waals surface area contributed by atoms with Gasteiger partial charge in [-0.05, 0) is 285 Å². The van der Waals surface area contributed by atoms with Crippen molar-refractivity contribution in [2.45, 2.75) is 125 Å². The molecule has 0 spiro atoms. The van der Waals surface area contributed by atoms with Gasteiger partial charge < -0.3 is 0 Å². The van der Waals surface area contributed by atoms with E-state index in [1.165, 1.54) is 123 Å². The van der Waals surface area contributed by atoms with Gasteiger partial charge in [0, 0.05) is 133 Å². The van der Waals surface area contributed by atoms with Crippen molar-refractivity contribution in [3.8, 4) is 22.3 Å². The van der Waals surface area contributed by atoms with Gasteiger partial charge in [0.05, 0.1) is 26.0 Å². The van der Waals surface area contributed by atoms with Crippen molar-refractivity contribution in [2.75, 3.05) is 0 Å². The summed E-state index contributed by atoms with van der Waals surface area (Å²) in [6.07, 6.45) is -4.14. The summed E-state index contributed by atoms with van der Waals surface area (Å²) >= 11 is 0. The maximum Gasteiger partial charge on any atom is 0.0821 e. The molecule has 0 nitrogen and oxygen atoms in total. The molecule has 7 aromatic rings. The summed E-state index contributed by atoms with van der Waals surface area (Å²) in [5.74, 6) is 0. The molecule has 26 radical (unpaired) electrons. The first-order chi connectivity index (χ1) is 34.4. The first-order valence-corrected chi connectivity index (χ1v) is 26.2. The normalized spacial score (nSPS) is 11.5. The molecule has 0 heterocycles. The Labute approximate surface area is 467 Å². The molecule has 0 bridgehead atoms. The van der Waals surface area contributed by atoms with Gasteiger partial charge in [-0.2, -0.15) is 0 Å². The van der Waals surface area contributed by atoms with Crippen LogP contribution in [0.1, 0.15) is 100 Å². The quantitative estimate of drug-likeness (QED) is 0.130. The second-order valence-corrected chi connectivity index (χ2v) is 22.2. The minimum atomic E-state index is -1.09. The number of hydrogen-bond acceptors (Lipinski definition) is 0. The molecular formula is C52H54B22. The van der Waals surface area contributed by atoms with Gasteiger partial charge in [0.2, 0.25) is 0 Å². The number of hydrogen-bond donors (Lipinski definition) is 0. The lowest BCUT2D eigenvalue weighted by Crippen LogP contribution is -2.74. The van der Waals surface area contributed by atoms with E-state index >= 15 is 0 Å². The highest BCUT2D eigenvalue weighted by atomic mass is 14.3. The average Bonchev–Trinajstić information content (AvgIpc) is 3.34. The zero-order valence-electron chi connectivity index (χ0n) is 47.7. The molecule has 0 aliphatic rings. The standard InChI is InChI=1S/C52H54B22/c1-19-21(3)28(10)40-37(25(19)7)27(9)23(5)30(12)42(40)43-31(13)24(6)32(14)44-45(43)35(17)38-26(8)20(2)22(4)29(11)41(38)47(44)46-34(16)33(15)39-36(18)49(70(73(61)62)74(63)64)52(69(66-54)72(59)60)51(68(56)71(57)58)48(39)50(46)67(55)65-53/h1-18H3. The Bertz CT molecular complexity index is 3510. The van der Waals surface area contributed by atoms with Crippen LogP contribution in [0.15, 0.2) is 0 Å². The first-order valence-electron chi connectivity index (χ1n) is 26.2. The van der Waals surface area contributed by atoms with Gasteiger partial charge in [0.1, 0.15) is 0 Å². The number of aryl methyl sites for hydroxylation is 9. The third kappa shape index (κ3) is 8.57. The molecule has 0 N–H and O–H groups in total. The average molecular weight is 917 g/mol. The van der Waals surface area contributed by atoms with Crippen molar-refractivity contribution < 1.29 is 0 Å². The molecule has 0 aliphatic heterocycles. The molecule has 0 aliphatic carbocycles. The molecule has 0 aromatic heterocycles. The van der Waals surface area contributed by atoms with Gasteiger partial charge in [-0.1, -0.05) is 16.5 Å². The number of rotatable bonds is 12. The minimum Gasteiger partial charge on any atom is -0.112 e. The molecule has 7 rings (SSSR count). The second-order valence-electron chi connectivity index (χ2n) is 22.2. The van der Waals surface area contributed by atoms with E-state index < -0.39 is 51.5 Å². The molecule has 0 amide bonds. The van der Waals surface area contributed by atoms with Crippen LogP contribution >= 0.6 is 0 Å². The predicted molar refractivity (Wildman–Crippen MR) is 358 cm³/mol. The Morgan fingerprint density at radius 2 is 0.568 bits per heavy atom. The van der Waals surface area contributed by atoms with E-state index in [1.54, 1.807) is 7.06 Å². The van der Waals surface area contributed by atoms with Crippen molar-refractivity contribution in [1.82, 2.24) is 0 Å². The van der Waals surface area contributed by atoms with E-state index in [-0.39, 0.29) is 0 Å². The SMILES string of the molecule is [B][B]B(B([B])[B])c1c(B(B([B])[B])B([B])[B])c(C)c2c(C)c(C)c(-c3c4c(C)c(C)c(C)c(C)c4c(C)c4c(-c5c(C)c(C)c(C)c6c(C)c(C)c(C)c(C)c56)c(C)c(C)c(C)c34)c(B([B])[B][B])c2c1B([B])B([B])[B]. The second kappa shape index (κ2) is 21.3. The van der Waals surface area contributed by atoms with Crippen molar-refractivity contribution in [1.29, 1.82) is 0 Å². The van der Waals surface area contributed by atoms with Crippen molar-refractivity contribution in [3.05, 3.63) is 100 Å². The van der Waals surface area contributed by atoms with Gasteiger partial charge in [-0.25, -0.2) is 0 Å². The number of fused-ring (bicyclic) bond motifs is 4. The zero-order valence-corrected chi connectivity index (χ0v) is 47.7. The number of benzene rings is 7. The zero-order chi connectivity index (χ0) is 55.7. The lowest BCUT2D eigenvalue weighted by Gasteiger charge is -2.39. The maximum atomic E-state index is 7.60. The fourth-order valence-corrected chi connectivity index (χ4v) is 13.5. The molecule has 0 unspecified atom stereocenters. The molecule has 7 aromatic carbocycles. The lowest BCUT2D eigenvalue weighted by molar-refractivity contribution is 1.22.